The van der Waals surface area contributed by atoms with Crippen molar-refractivity contribution < 1.29 is 9.53 Å². The molecule has 1 unspecified atom stereocenters. The first kappa shape index (κ1) is 18.7. The molecule has 26 heavy (non-hydrogen) atoms. The monoisotopic (exact) mass is 372 g/mol. The molecule has 1 aliphatic heterocycles. The molecular formula is C21H25ClN2O2. The van der Waals surface area contributed by atoms with Gasteiger partial charge in [-0.1, -0.05) is 41.9 Å². The van der Waals surface area contributed by atoms with E-state index in [0.29, 0.717) is 22.4 Å². The fraction of sp³-hybridized carbons (Fsp3) is 0.381. The molecule has 0 saturated carbocycles. The van der Waals surface area contributed by atoms with E-state index >= 15 is 0 Å². The number of hydrogen-bond donors (Lipinski definition) is 1. The number of carbonyl (C=O) groups is 1. The van der Waals surface area contributed by atoms with Crippen LogP contribution in [0, 0.1) is 0 Å². The number of rotatable bonds is 5. The zero-order valence-electron chi connectivity index (χ0n) is 15.2. The summed E-state index contributed by atoms with van der Waals surface area (Å²) in [4.78, 5) is 14.9. The molecule has 4 nitrogen and oxygen atoms in total. The van der Waals surface area contributed by atoms with E-state index < -0.39 is 0 Å². The van der Waals surface area contributed by atoms with Crippen molar-refractivity contribution in [3.05, 3.63) is 59.1 Å². The SMILES string of the molecule is COc1ccc(NC(=O)C(C)N2CCC(c3ccccc3)CC2)cc1Cl. The first-order valence-electron chi connectivity index (χ1n) is 9.02. The second-order valence-electron chi connectivity index (χ2n) is 6.74. The number of nitrogens with one attached hydrogen (secondary N) is 1. The predicted molar refractivity (Wildman–Crippen MR) is 106 cm³/mol. The molecule has 0 radical (unpaired) electrons. The van der Waals surface area contributed by atoms with Gasteiger partial charge < -0.3 is 10.1 Å². The Kier molecular flexibility index (Phi) is 6.17. The van der Waals surface area contributed by atoms with E-state index in [4.69, 9.17) is 16.3 Å². The lowest BCUT2D eigenvalue weighted by Crippen LogP contribution is -2.45. The highest BCUT2D eigenvalue weighted by molar-refractivity contribution is 6.32. The zero-order chi connectivity index (χ0) is 18.5. The summed E-state index contributed by atoms with van der Waals surface area (Å²) in [6.45, 7) is 3.82. The molecule has 2 aromatic carbocycles. The topological polar surface area (TPSA) is 41.6 Å². The number of likely N-dealkylation sites (tertiary alicyclic amines) is 1. The fourth-order valence-corrected chi connectivity index (χ4v) is 3.76. The summed E-state index contributed by atoms with van der Waals surface area (Å²) in [6.07, 6.45) is 2.16. The van der Waals surface area contributed by atoms with E-state index in [9.17, 15) is 4.79 Å². The molecule has 1 atom stereocenters. The minimum Gasteiger partial charge on any atom is -0.495 e. The normalized spacial score (nSPS) is 16.9. The van der Waals surface area contributed by atoms with Gasteiger partial charge in [-0.05, 0) is 62.5 Å². The number of amides is 1. The van der Waals surface area contributed by atoms with Gasteiger partial charge in [0.2, 0.25) is 5.91 Å². The number of ether oxygens (including phenoxy) is 1. The quantitative estimate of drug-likeness (QED) is 0.836. The lowest BCUT2D eigenvalue weighted by Gasteiger charge is -2.35. The smallest absolute Gasteiger partial charge is 0.241 e. The Bertz CT molecular complexity index is 743. The Morgan fingerprint density at radius 1 is 1.19 bits per heavy atom. The molecule has 0 aromatic heterocycles. The van der Waals surface area contributed by atoms with Crippen LogP contribution in [0.4, 0.5) is 5.69 Å². The molecular weight excluding hydrogens is 348 g/mol. The lowest BCUT2D eigenvalue weighted by atomic mass is 9.89. The maximum atomic E-state index is 12.6. The third-order valence-corrected chi connectivity index (χ3v) is 5.44. The van der Waals surface area contributed by atoms with Crippen molar-refractivity contribution in [1.82, 2.24) is 4.90 Å². The third kappa shape index (κ3) is 4.37. The minimum absolute atomic E-state index is 0.00982. The van der Waals surface area contributed by atoms with E-state index in [1.807, 2.05) is 6.92 Å². The van der Waals surface area contributed by atoms with Crippen LogP contribution in [-0.2, 0) is 4.79 Å². The Morgan fingerprint density at radius 3 is 2.50 bits per heavy atom. The second kappa shape index (κ2) is 8.56. The summed E-state index contributed by atoms with van der Waals surface area (Å²) in [6, 6.07) is 15.7. The van der Waals surface area contributed by atoms with Crippen molar-refractivity contribution in [2.75, 3.05) is 25.5 Å². The van der Waals surface area contributed by atoms with Gasteiger partial charge in [0.05, 0.1) is 18.2 Å². The van der Waals surface area contributed by atoms with Gasteiger partial charge in [0.15, 0.2) is 0 Å². The van der Waals surface area contributed by atoms with Crippen molar-refractivity contribution in [2.24, 2.45) is 0 Å². The van der Waals surface area contributed by atoms with Crippen LogP contribution in [-0.4, -0.2) is 37.0 Å². The van der Waals surface area contributed by atoms with Gasteiger partial charge in [0.25, 0.3) is 0 Å². The molecule has 1 saturated heterocycles. The number of hydrogen-bond acceptors (Lipinski definition) is 3. The zero-order valence-corrected chi connectivity index (χ0v) is 16.0. The van der Waals surface area contributed by atoms with Crippen LogP contribution in [0.1, 0.15) is 31.2 Å². The standard InChI is InChI=1S/C21H25ClN2O2/c1-15(21(25)23-18-8-9-20(26-2)19(22)14-18)24-12-10-17(11-13-24)16-6-4-3-5-7-16/h3-9,14-15,17H,10-13H2,1-2H3,(H,23,25). The van der Waals surface area contributed by atoms with E-state index in [2.05, 4.69) is 40.5 Å². The van der Waals surface area contributed by atoms with Crippen LogP contribution in [0.5, 0.6) is 5.75 Å². The van der Waals surface area contributed by atoms with E-state index in [0.717, 1.165) is 25.9 Å². The molecule has 5 heteroatoms. The summed E-state index contributed by atoms with van der Waals surface area (Å²) in [5.41, 5.74) is 2.09. The molecule has 0 bridgehead atoms. The van der Waals surface area contributed by atoms with Gasteiger partial charge in [-0.25, -0.2) is 0 Å². The van der Waals surface area contributed by atoms with Crippen LogP contribution < -0.4 is 10.1 Å². The Labute approximate surface area is 160 Å². The molecule has 1 aliphatic rings. The van der Waals surface area contributed by atoms with Crippen LogP contribution in [0.25, 0.3) is 0 Å². The summed E-state index contributed by atoms with van der Waals surface area (Å²) in [5, 5.41) is 3.44. The van der Waals surface area contributed by atoms with Gasteiger partial charge in [-0.15, -0.1) is 0 Å². The maximum Gasteiger partial charge on any atom is 0.241 e. The summed E-state index contributed by atoms with van der Waals surface area (Å²) < 4.78 is 5.14. The Morgan fingerprint density at radius 2 is 1.88 bits per heavy atom. The summed E-state index contributed by atoms with van der Waals surface area (Å²) in [5.74, 6) is 1.17. The van der Waals surface area contributed by atoms with Gasteiger partial charge in [0, 0.05) is 5.69 Å². The van der Waals surface area contributed by atoms with Crippen molar-refractivity contribution in [3.8, 4) is 5.75 Å². The van der Waals surface area contributed by atoms with Crippen molar-refractivity contribution >= 4 is 23.2 Å². The molecule has 1 fully saturated rings. The molecule has 3 rings (SSSR count). The van der Waals surface area contributed by atoms with E-state index in [1.54, 1.807) is 25.3 Å². The highest BCUT2D eigenvalue weighted by Crippen LogP contribution is 2.29. The largest absolute Gasteiger partial charge is 0.495 e. The van der Waals surface area contributed by atoms with Crippen molar-refractivity contribution in [3.63, 3.8) is 0 Å². The van der Waals surface area contributed by atoms with Gasteiger partial charge in [0.1, 0.15) is 5.75 Å². The van der Waals surface area contributed by atoms with E-state index in [1.165, 1.54) is 5.56 Å². The first-order valence-corrected chi connectivity index (χ1v) is 9.39. The summed E-state index contributed by atoms with van der Waals surface area (Å²) in [7, 11) is 1.57. The van der Waals surface area contributed by atoms with Crippen LogP contribution >= 0.6 is 11.6 Å². The number of carbonyl (C=O) groups excluding carboxylic acids is 1. The Hall–Kier alpha value is -2.04. The molecule has 138 valence electrons. The van der Waals surface area contributed by atoms with Crippen molar-refractivity contribution in [2.45, 2.75) is 31.7 Å². The van der Waals surface area contributed by atoms with Gasteiger partial charge >= 0.3 is 0 Å². The minimum atomic E-state index is -0.174. The van der Waals surface area contributed by atoms with Crippen LogP contribution in [0.2, 0.25) is 5.02 Å². The second-order valence-corrected chi connectivity index (χ2v) is 7.14. The molecule has 1 amide bonds. The lowest BCUT2D eigenvalue weighted by molar-refractivity contribution is -0.121. The average Bonchev–Trinajstić information content (AvgIpc) is 2.68. The molecule has 1 N–H and O–H groups in total. The van der Waals surface area contributed by atoms with Crippen molar-refractivity contribution in [1.29, 1.82) is 0 Å². The number of nitrogens with zero attached hydrogens (tertiary/aromatic N) is 1. The molecule has 2 aromatic rings. The predicted octanol–water partition coefficient (Wildman–Crippen LogP) is 4.56. The van der Waals surface area contributed by atoms with Gasteiger partial charge in [-0.2, -0.15) is 0 Å². The molecule has 0 aliphatic carbocycles. The molecule has 1 heterocycles. The molecule has 0 spiro atoms. The van der Waals surface area contributed by atoms with E-state index in [-0.39, 0.29) is 11.9 Å². The third-order valence-electron chi connectivity index (χ3n) is 5.15. The first-order chi connectivity index (χ1) is 12.6. The summed E-state index contributed by atoms with van der Waals surface area (Å²) >= 11 is 6.13. The highest BCUT2D eigenvalue weighted by atomic mass is 35.5. The van der Waals surface area contributed by atoms with Gasteiger partial charge in [-0.3, -0.25) is 9.69 Å². The number of piperidine rings is 1. The highest BCUT2D eigenvalue weighted by Gasteiger charge is 2.27. The average molecular weight is 373 g/mol. The van der Waals surface area contributed by atoms with Crippen LogP contribution in [0.3, 0.4) is 0 Å². The number of benzene rings is 2. The number of anilines is 1. The maximum absolute atomic E-state index is 12.6. The number of halogens is 1. The number of methoxy groups -OCH3 is 1. The Balaban J connectivity index is 1.55. The van der Waals surface area contributed by atoms with Crippen LogP contribution in [0.15, 0.2) is 48.5 Å². The fourth-order valence-electron chi connectivity index (χ4n) is 3.50.